The molecule has 1 saturated carbocycles. The smallest absolute Gasteiger partial charge is 0.416 e. The lowest BCUT2D eigenvalue weighted by molar-refractivity contribution is -0.137. The molecular formula is C13H13F3O. The Balaban J connectivity index is 2.09. The molecule has 0 aromatic heterocycles. The lowest BCUT2D eigenvalue weighted by Gasteiger charge is -2.08. The molecule has 0 heterocycles. The molecular weight excluding hydrogens is 229 g/mol. The number of halogens is 3. The molecule has 2 rings (SSSR count). The quantitative estimate of drug-likeness (QED) is 0.785. The van der Waals surface area contributed by atoms with Gasteiger partial charge in [-0.2, -0.15) is 13.2 Å². The third kappa shape index (κ3) is 2.81. The summed E-state index contributed by atoms with van der Waals surface area (Å²) in [6.07, 6.45) is -0.0335. The van der Waals surface area contributed by atoms with Crippen LogP contribution in [0.15, 0.2) is 36.6 Å². The van der Waals surface area contributed by atoms with Gasteiger partial charge in [-0.1, -0.05) is 18.2 Å². The number of allylic oxidation sites excluding steroid dienone is 1. The maximum absolute atomic E-state index is 12.5. The molecule has 1 aromatic rings. The summed E-state index contributed by atoms with van der Waals surface area (Å²) in [5.74, 6) is 0.565. The molecule has 0 spiro atoms. The van der Waals surface area contributed by atoms with Crippen molar-refractivity contribution in [1.29, 1.82) is 0 Å². The van der Waals surface area contributed by atoms with Crippen LogP contribution in [0.25, 0.3) is 0 Å². The summed E-state index contributed by atoms with van der Waals surface area (Å²) in [6.45, 7) is 0. The number of alkyl halides is 3. The van der Waals surface area contributed by atoms with E-state index in [1.165, 1.54) is 12.1 Å². The van der Waals surface area contributed by atoms with Gasteiger partial charge in [-0.15, -0.1) is 0 Å². The highest BCUT2D eigenvalue weighted by Crippen LogP contribution is 2.50. The fourth-order valence-corrected chi connectivity index (χ4v) is 2.10. The van der Waals surface area contributed by atoms with E-state index in [2.05, 4.69) is 0 Å². The van der Waals surface area contributed by atoms with Gasteiger partial charge in [0.2, 0.25) is 0 Å². The lowest BCUT2D eigenvalue weighted by atomic mass is 10.0. The number of aliphatic hydroxyl groups is 1. The van der Waals surface area contributed by atoms with Crippen LogP contribution in [0, 0.1) is 5.92 Å². The molecule has 92 valence electrons. The van der Waals surface area contributed by atoms with E-state index < -0.39 is 11.7 Å². The van der Waals surface area contributed by atoms with E-state index in [1.807, 2.05) is 0 Å². The van der Waals surface area contributed by atoms with E-state index in [1.54, 1.807) is 12.1 Å². The molecule has 1 aliphatic carbocycles. The first-order chi connectivity index (χ1) is 8.02. The summed E-state index contributed by atoms with van der Waals surface area (Å²) in [5, 5.41) is 8.52. The van der Waals surface area contributed by atoms with Gasteiger partial charge in [-0.05, 0) is 42.4 Å². The van der Waals surface area contributed by atoms with Crippen LogP contribution in [0.3, 0.4) is 0 Å². The minimum atomic E-state index is -4.27. The first-order valence-corrected chi connectivity index (χ1v) is 5.48. The first-order valence-electron chi connectivity index (χ1n) is 5.48. The zero-order chi connectivity index (χ0) is 12.5. The van der Waals surface area contributed by atoms with Crippen molar-refractivity contribution in [3.8, 4) is 0 Å². The van der Waals surface area contributed by atoms with Crippen LogP contribution < -0.4 is 0 Å². The van der Waals surface area contributed by atoms with Gasteiger partial charge in [-0.25, -0.2) is 0 Å². The van der Waals surface area contributed by atoms with E-state index in [0.29, 0.717) is 5.92 Å². The van der Waals surface area contributed by atoms with Crippen molar-refractivity contribution in [3.63, 3.8) is 0 Å². The van der Waals surface area contributed by atoms with Gasteiger partial charge in [0, 0.05) is 0 Å². The third-order valence-electron chi connectivity index (χ3n) is 3.11. The third-order valence-corrected chi connectivity index (χ3v) is 3.11. The zero-order valence-corrected chi connectivity index (χ0v) is 9.11. The SMILES string of the molecule is O/C=C\CC1CC1c1cccc(C(F)(F)F)c1. The average molecular weight is 242 g/mol. The topological polar surface area (TPSA) is 20.2 Å². The van der Waals surface area contributed by atoms with Gasteiger partial charge >= 0.3 is 6.18 Å². The molecule has 1 N–H and O–H groups in total. The highest BCUT2D eigenvalue weighted by atomic mass is 19.4. The molecule has 1 aromatic carbocycles. The molecule has 1 fully saturated rings. The number of hydrogen-bond acceptors (Lipinski definition) is 1. The predicted molar refractivity (Wildman–Crippen MR) is 58.7 cm³/mol. The van der Waals surface area contributed by atoms with E-state index in [-0.39, 0.29) is 5.92 Å². The van der Waals surface area contributed by atoms with E-state index in [9.17, 15) is 13.2 Å². The summed E-state index contributed by atoms with van der Waals surface area (Å²) < 4.78 is 37.5. The zero-order valence-electron chi connectivity index (χ0n) is 9.11. The van der Waals surface area contributed by atoms with Crippen molar-refractivity contribution in [3.05, 3.63) is 47.7 Å². The second-order valence-corrected chi connectivity index (χ2v) is 4.35. The molecule has 2 unspecified atom stereocenters. The number of rotatable bonds is 3. The number of aliphatic hydroxyl groups excluding tert-OH is 1. The summed E-state index contributed by atoms with van der Waals surface area (Å²) in [4.78, 5) is 0. The van der Waals surface area contributed by atoms with Crippen molar-refractivity contribution < 1.29 is 18.3 Å². The van der Waals surface area contributed by atoms with Gasteiger partial charge in [-0.3, -0.25) is 0 Å². The van der Waals surface area contributed by atoms with Crippen LogP contribution in [0.1, 0.15) is 29.9 Å². The van der Waals surface area contributed by atoms with Crippen molar-refractivity contribution in [2.75, 3.05) is 0 Å². The Morgan fingerprint density at radius 3 is 2.76 bits per heavy atom. The number of benzene rings is 1. The fourth-order valence-electron chi connectivity index (χ4n) is 2.10. The summed E-state index contributed by atoms with van der Waals surface area (Å²) in [6, 6.07) is 5.51. The van der Waals surface area contributed by atoms with E-state index >= 15 is 0 Å². The maximum Gasteiger partial charge on any atom is 0.416 e. The standard InChI is InChI=1S/C13H13F3O/c14-13(15,16)11-5-1-3-9(7-11)12-8-10(12)4-2-6-17/h1-3,5-7,10,12,17H,4,8H2/b6-2-. The first kappa shape index (κ1) is 12.0. The Morgan fingerprint density at radius 1 is 1.35 bits per heavy atom. The van der Waals surface area contributed by atoms with Gasteiger partial charge in [0.25, 0.3) is 0 Å². The molecule has 0 saturated heterocycles. The van der Waals surface area contributed by atoms with Crippen LogP contribution in [0.5, 0.6) is 0 Å². The second kappa shape index (κ2) is 4.43. The highest BCUT2D eigenvalue weighted by Gasteiger charge is 2.38. The van der Waals surface area contributed by atoms with Crippen molar-refractivity contribution in [1.82, 2.24) is 0 Å². The van der Waals surface area contributed by atoms with Crippen molar-refractivity contribution in [2.45, 2.75) is 24.9 Å². The van der Waals surface area contributed by atoms with Crippen LogP contribution >= 0.6 is 0 Å². The largest absolute Gasteiger partial charge is 0.516 e. The summed E-state index contributed by atoms with van der Waals surface area (Å²) in [7, 11) is 0. The van der Waals surface area contributed by atoms with Crippen molar-refractivity contribution in [2.24, 2.45) is 5.92 Å². The van der Waals surface area contributed by atoms with E-state index in [0.717, 1.165) is 30.7 Å². The fraction of sp³-hybridized carbons (Fsp3) is 0.385. The van der Waals surface area contributed by atoms with Gasteiger partial charge < -0.3 is 5.11 Å². The second-order valence-electron chi connectivity index (χ2n) is 4.35. The molecule has 0 radical (unpaired) electrons. The predicted octanol–water partition coefficient (Wildman–Crippen LogP) is 4.27. The lowest BCUT2D eigenvalue weighted by Crippen LogP contribution is -2.05. The molecule has 0 bridgehead atoms. The molecule has 1 nitrogen and oxygen atoms in total. The highest BCUT2D eigenvalue weighted by molar-refractivity contribution is 5.32. The van der Waals surface area contributed by atoms with Crippen molar-refractivity contribution >= 4 is 0 Å². The van der Waals surface area contributed by atoms with Crippen LogP contribution in [-0.2, 0) is 6.18 Å². The van der Waals surface area contributed by atoms with Crippen LogP contribution in [-0.4, -0.2) is 5.11 Å². The minimum Gasteiger partial charge on any atom is -0.516 e. The minimum absolute atomic E-state index is 0.202. The molecule has 4 heteroatoms. The Kier molecular flexibility index (Phi) is 3.13. The van der Waals surface area contributed by atoms with Gasteiger partial charge in [0.05, 0.1) is 11.8 Å². The summed E-state index contributed by atoms with van der Waals surface area (Å²) >= 11 is 0. The Labute approximate surface area is 97.6 Å². The van der Waals surface area contributed by atoms with E-state index in [4.69, 9.17) is 5.11 Å². The Bertz CT molecular complexity index is 423. The molecule has 2 atom stereocenters. The Morgan fingerprint density at radius 2 is 2.12 bits per heavy atom. The van der Waals surface area contributed by atoms with Crippen LogP contribution in [0.2, 0.25) is 0 Å². The molecule has 17 heavy (non-hydrogen) atoms. The Hall–Kier alpha value is -1.45. The molecule has 1 aliphatic rings. The van der Waals surface area contributed by atoms with Gasteiger partial charge in [0.1, 0.15) is 0 Å². The normalized spacial score (nSPS) is 24.2. The maximum atomic E-state index is 12.5. The van der Waals surface area contributed by atoms with Gasteiger partial charge in [0.15, 0.2) is 0 Å². The molecule has 0 amide bonds. The summed E-state index contributed by atoms with van der Waals surface area (Å²) in [5.41, 5.74) is 0.162. The number of hydrogen-bond donors (Lipinski definition) is 1. The monoisotopic (exact) mass is 242 g/mol. The average Bonchev–Trinajstić information content (AvgIpc) is 3.05. The van der Waals surface area contributed by atoms with Crippen LogP contribution in [0.4, 0.5) is 13.2 Å². The molecule has 0 aliphatic heterocycles.